The number of hydrogen-bond acceptors (Lipinski definition) is 3. The molecule has 1 aliphatic rings. The van der Waals surface area contributed by atoms with Gasteiger partial charge in [0.05, 0.1) is 11.4 Å². The maximum Gasteiger partial charge on any atom is 0.277 e. The molecule has 140 valence electrons. The molecule has 0 saturated carbocycles. The number of aryl methyl sites for hydroxylation is 2. The van der Waals surface area contributed by atoms with Crippen LogP contribution in [0.15, 0.2) is 30.3 Å². The summed E-state index contributed by atoms with van der Waals surface area (Å²) in [5.74, 6) is 0.477. The third-order valence-electron chi connectivity index (χ3n) is 4.96. The normalized spacial score (nSPS) is 13.9. The van der Waals surface area contributed by atoms with Crippen molar-refractivity contribution in [2.24, 2.45) is 7.05 Å². The highest BCUT2D eigenvalue weighted by atomic mass is 35.5. The first kappa shape index (κ1) is 17.8. The van der Waals surface area contributed by atoms with E-state index < -0.39 is 0 Å². The van der Waals surface area contributed by atoms with Crippen LogP contribution < -0.4 is 5.32 Å². The number of nitrogens with zero attached hydrogens (tertiary/aromatic N) is 4. The topological polar surface area (TPSA) is 64.7 Å². The Morgan fingerprint density at radius 1 is 1.11 bits per heavy atom. The summed E-state index contributed by atoms with van der Waals surface area (Å²) in [5, 5.41) is 12.6. The Bertz CT molecular complexity index is 987. The van der Waals surface area contributed by atoms with E-state index in [-0.39, 0.29) is 5.91 Å². The van der Waals surface area contributed by atoms with Crippen LogP contribution in [0.3, 0.4) is 0 Å². The number of nitrogens with one attached hydrogen (secondary N) is 1. The van der Waals surface area contributed by atoms with Crippen LogP contribution in [0.25, 0.3) is 5.69 Å². The van der Waals surface area contributed by atoms with E-state index in [1.54, 1.807) is 4.68 Å². The van der Waals surface area contributed by atoms with Gasteiger partial charge in [0.2, 0.25) is 0 Å². The van der Waals surface area contributed by atoms with Crippen molar-refractivity contribution in [2.75, 3.05) is 5.32 Å². The maximum absolute atomic E-state index is 13.0. The van der Waals surface area contributed by atoms with Gasteiger partial charge in [0.25, 0.3) is 5.91 Å². The summed E-state index contributed by atoms with van der Waals surface area (Å²) < 4.78 is 3.57. The highest BCUT2D eigenvalue weighted by molar-refractivity contribution is 6.30. The van der Waals surface area contributed by atoms with Crippen molar-refractivity contribution < 1.29 is 4.79 Å². The van der Waals surface area contributed by atoms with Gasteiger partial charge in [-0.1, -0.05) is 18.0 Å². The minimum atomic E-state index is -0.191. The number of rotatable bonds is 3. The Morgan fingerprint density at radius 3 is 2.56 bits per heavy atom. The minimum absolute atomic E-state index is 0.191. The lowest BCUT2D eigenvalue weighted by atomic mass is 10.1. The number of benzene rings is 1. The second kappa shape index (κ2) is 7.19. The molecule has 0 bridgehead atoms. The van der Waals surface area contributed by atoms with E-state index in [2.05, 4.69) is 10.4 Å². The van der Waals surface area contributed by atoms with E-state index in [1.165, 1.54) is 0 Å². The molecule has 0 spiro atoms. The monoisotopic (exact) mass is 383 g/mol. The zero-order valence-corrected chi connectivity index (χ0v) is 16.3. The van der Waals surface area contributed by atoms with Crippen LogP contribution in [0, 0.1) is 6.92 Å². The van der Waals surface area contributed by atoms with E-state index in [9.17, 15) is 4.79 Å². The maximum atomic E-state index is 13.0. The molecule has 0 unspecified atom stereocenters. The first-order chi connectivity index (χ1) is 13.0. The molecule has 1 aromatic carbocycles. The number of anilines is 1. The lowest BCUT2D eigenvalue weighted by Crippen LogP contribution is -2.17. The standard InChI is InChI=1S/C20H22ClN5O/c1-13-12-18(25(2)23-13)22-20(27)19-16-6-4-3-5-7-17(16)26(24-19)15-10-8-14(21)9-11-15/h8-12H,3-7H2,1-2H3,(H,22,27). The van der Waals surface area contributed by atoms with Gasteiger partial charge in [-0.2, -0.15) is 10.2 Å². The number of hydrogen-bond donors (Lipinski definition) is 1. The van der Waals surface area contributed by atoms with Crippen molar-refractivity contribution in [3.05, 3.63) is 58.0 Å². The Kier molecular flexibility index (Phi) is 4.74. The molecular weight excluding hydrogens is 362 g/mol. The number of carbonyl (C=O) groups is 1. The average molecular weight is 384 g/mol. The lowest BCUT2D eigenvalue weighted by molar-refractivity contribution is 0.102. The summed E-state index contributed by atoms with van der Waals surface area (Å²) in [7, 11) is 1.81. The second-order valence-electron chi connectivity index (χ2n) is 6.97. The number of carbonyl (C=O) groups excluding carboxylic acids is 1. The van der Waals surface area contributed by atoms with Crippen LogP contribution >= 0.6 is 11.6 Å². The Hall–Kier alpha value is -2.60. The first-order valence-corrected chi connectivity index (χ1v) is 9.59. The highest BCUT2D eigenvalue weighted by Gasteiger charge is 2.25. The zero-order valence-electron chi connectivity index (χ0n) is 15.5. The molecule has 0 saturated heterocycles. The van der Waals surface area contributed by atoms with Crippen LogP contribution in [0.5, 0.6) is 0 Å². The zero-order chi connectivity index (χ0) is 19.0. The largest absolute Gasteiger partial charge is 0.305 e. The summed E-state index contributed by atoms with van der Waals surface area (Å²) in [6.07, 6.45) is 5.13. The summed E-state index contributed by atoms with van der Waals surface area (Å²) in [5.41, 5.74) is 4.46. The fourth-order valence-corrected chi connectivity index (χ4v) is 3.78. The fourth-order valence-electron chi connectivity index (χ4n) is 3.66. The van der Waals surface area contributed by atoms with Crippen molar-refractivity contribution in [2.45, 2.75) is 39.0 Å². The molecule has 1 N–H and O–H groups in total. The molecule has 7 heteroatoms. The molecule has 0 atom stereocenters. The van der Waals surface area contributed by atoms with Crippen molar-refractivity contribution >= 4 is 23.3 Å². The molecule has 0 fully saturated rings. The van der Waals surface area contributed by atoms with Crippen LogP contribution in [-0.2, 0) is 19.9 Å². The third-order valence-corrected chi connectivity index (χ3v) is 5.21. The van der Waals surface area contributed by atoms with Crippen molar-refractivity contribution in [1.82, 2.24) is 19.6 Å². The SMILES string of the molecule is Cc1cc(NC(=O)c2nn(-c3ccc(Cl)cc3)c3c2CCCCC3)n(C)n1. The van der Waals surface area contributed by atoms with Gasteiger partial charge in [0.15, 0.2) is 5.69 Å². The van der Waals surface area contributed by atoms with Crippen molar-refractivity contribution in [3.8, 4) is 5.69 Å². The molecule has 4 rings (SSSR count). The predicted octanol–water partition coefficient (Wildman–Crippen LogP) is 4.09. The quantitative estimate of drug-likeness (QED) is 0.693. The van der Waals surface area contributed by atoms with Gasteiger partial charge in [-0.25, -0.2) is 4.68 Å². The molecule has 1 amide bonds. The molecular formula is C20H22ClN5O. The van der Waals surface area contributed by atoms with Gasteiger partial charge in [0, 0.05) is 29.4 Å². The highest BCUT2D eigenvalue weighted by Crippen LogP contribution is 2.27. The second-order valence-corrected chi connectivity index (χ2v) is 7.41. The summed E-state index contributed by atoms with van der Waals surface area (Å²) >= 11 is 6.03. The van der Waals surface area contributed by atoms with Gasteiger partial charge in [-0.05, 0) is 56.9 Å². The Morgan fingerprint density at radius 2 is 1.85 bits per heavy atom. The van der Waals surface area contributed by atoms with Gasteiger partial charge in [0.1, 0.15) is 5.82 Å². The molecule has 27 heavy (non-hydrogen) atoms. The van der Waals surface area contributed by atoms with E-state index >= 15 is 0 Å². The number of amides is 1. The third kappa shape index (κ3) is 3.49. The minimum Gasteiger partial charge on any atom is -0.305 e. The Labute approximate surface area is 163 Å². The van der Waals surface area contributed by atoms with Crippen molar-refractivity contribution in [1.29, 1.82) is 0 Å². The van der Waals surface area contributed by atoms with Crippen LogP contribution in [-0.4, -0.2) is 25.5 Å². The number of aromatic nitrogens is 4. The van der Waals surface area contributed by atoms with Crippen molar-refractivity contribution in [3.63, 3.8) is 0 Å². The molecule has 1 aliphatic carbocycles. The van der Waals surface area contributed by atoms with Gasteiger partial charge in [-0.15, -0.1) is 0 Å². The van der Waals surface area contributed by atoms with Crippen LogP contribution in [0.2, 0.25) is 5.02 Å². The van der Waals surface area contributed by atoms with E-state index in [1.807, 2.05) is 49.0 Å². The number of fused-ring (bicyclic) bond motifs is 1. The van der Waals surface area contributed by atoms with Gasteiger partial charge in [-0.3, -0.25) is 9.48 Å². The summed E-state index contributed by atoms with van der Waals surface area (Å²) in [4.78, 5) is 13.0. The number of halogens is 1. The van der Waals surface area contributed by atoms with Gasteiger partial charge < -0.3 is 5.32 Å². The summed E-state index contributed by atoms with van der Waals surface area (Å²) in [6.45, 7) is 1.90. The average Bonchev–Trinajstić information content (AvgIpc) is 3.04. The lowest BCUT2D eigenvalue weighted by Gasteiger charge is -2.07. The Balaban J connectivity index is 1.75. The van der Waals surface area contributed by atoms with Gasteiger partial charge >= 0.3 is 0 Å². The molecule has 6 nitrogen and oxygen atoms in total. The molecule has 2 heterocycles. The smallest absolute Gasteiger partial charge is 0.277 e. The van der Waals surface area contributed by atoms with E-state index in [4.69, 9.17) is 16.7 Å². The molecule has 0 radical (unpaired) electrons. The molecule has 3 aromatic rings. The fraction of sp³-hybridized carbons (Fsp3) is 0.350. The first-order valence-electron chi connectivity index (χ1n) is 9.21. The van der Waals surface area contributed by atoms with Crippen LogP contribution in [0.1, 0.15) is 46.7 Å². The predicted molar refractivity (Wildman–Crippen MR) is 106 cm³/mol. The molecule has 0 aliphatic heterocycles. The summed E-state index contributed by atoms with van der Waals surface area (Å²) in [6, 6.07) is 9.42. The van der Waals surface area contributed by atoms with Crippen LogP contribution in [0.4, 0.5) is 5.82 Å². The molecule has 2 aromatic heterocycles. The van der Waals surface area contributed by atoms with E-state index in [0.717, 1.165) is 54.7 Å². The van der Waals surface area contributed by atoms with E-state index in [0.29, 0.717) is 16.5 Å².